The van der Waals surface area contributed by atoms with E-state index < -0.39 is 12.0 Å². The summed E-state index contributed by atoms with van der Waals surface area (Å²) in [6, 6.07) is 18.3. The summed E-state index contributed by atoms with van der Waals surface area (Å²) in [5.41, 5.74) is 2.45. The van der Waals surface area contributed by atoms with Gasteiger partial charge in [0.1, 0.15) is 5.75 Å². The average molecular weight is 594 g/mol. The first-order valence-electron chi connectivity index (χ1n) is 13.9. The Labute approximate surface area is 251 Å². The molecular formula is C32H36ClN3O6. The molecule has 0 aliphatic carbocycles. The average Bonchev–Trinajstić information content (AvgIpc) is 3.03. The number of nitrogens with zero attached hydrogens (tertiary/aromatic N) is 3. The number of carbonyl (C=O) groups is 2. The Hall–Kier alpha value is -4.11. The van der Waals surface area contributed by atoms with Crippen LogP contribution in [0.3, 0.4) is 0 Å². The number of rotatable bonds is 8. The summed E-state index contributed by atoms with van der Waals surface area (Å²) in [6.45, 7) is 2.55. The number of halogens is 1. The molecule has 2 atom stereocenters. The monoisotopic (exact) mass is 593 g/mol. The minimum absolute atomic E-state index is 0.0338. The molecule has 2 fully saturated rings. The SMILES string of the molecule is COc1ccc([C@H]2[C@H](C(=O)N3CCN(c4cccc(Cl)c4)CC3)CCC(=O)N2c2cc(OC)c(OC)c(OC)c2)cc1. The Bertz CT molecular complexity index is 1400. The van der Waals surface area contributed by atoms with E-state index in [2.05, 4.69) is 4.90 Å². The number of carbonyl (C=O) groups excluding carboxylic acids is 2. The third kappa shape index (κ3) is 5.79. The van der Waals surface area contributed by atoms with E-state index in [0.29, 0.717) is 66.3 Å². The van der Waals surface area contributed by atoms with Crippen LogP contribution in [0.15, 0.2) is 60.7 Å². The number of ether oxygens (including phenoxy) is 4. The minimum Gasteiger partial charge on any atom is -0.497 e. The molecule has 0 aromatic heterocycles. The number of hydrogen-bond donors (Lipinski definition) is 0. The summed E-state index contributed by atoms with van der Waals surface area (Å²) in [4.78, 5) is 33.8. The molecule has 0 spiro atoms. The lowest BCUT2D eigenvalue weighted by Gasteiger charge is -2.44. The second-order valence-corrected chi connectivity index (χ2v) is 10.7. The van der Waals surface area contributed by atoms with E-state index in [1.165, 1.54) is 21.3 Å². The largest absolute Gasteiger partial charge is 0.497 e. The van der Waals surface area contributed by atoms with Crippen LogP contribution in [0.4, 0.5) is 11.4 Å². The van der Waals surface area contributed by atoms with Gasteiger partial charge in [-0.3, -0.25) is 9.59 Å². The predicted molar refractivity (Wildman–Crippen MR) is 162 cm³/mol. The molecule has 5 rings (SSSR count). The predicted octanol–water partition coefficient (Wildman–Crippen LogP) is 5.21. The highest BCUT2D eigenvalue weighted by molar-refractivity contribution is 6.30. The fraction of sp³-hybridized carbons (Fsp3) is 0.375. The van der Waals surface area contributed by atoms with Crippen molar-refractivity contribution >= 4 is 34.8 Å². The van der Waals surface area contributed by atoms with Crippen LogP contribution < -0.4 is 28.7 Å². The molecule has 42 heavy (non-hydrogen) atoms. The Morgan fingerprint density at radius 3 is 2.05 bits per heavy atom. The van der Waals surface area contributed by atoms with Crippen molar-refractivity contribution in [2.24, 2.45) is 5.92 Å². The van der Waals surface area contributed by atoms with E-state index in [4.69, 9.17) is 30.5 Å². The lowest BCUT2D eigenvalue weighted by atomic mass is 9.82. The Balaban J connectivity index is 1.49. The zero-order chi connectivity index (χ0) is 29.8. The van der Waals surface area contributed by atoms with E-state index in [1.807, 2.05) is 53.4 Å². The fourth-order valence-electron chi connectivity index (χ4n) is 5.94. The fourth-order valence-corrected chi connectivity index (χ4v) is 6.12. The summed E-state index contributed by atoms with van der Waals surface area (Å²) < 4.78 is 22.1. The van der Waals surface area contributed by atoms with Crippen molar-refractivity contribution in [1.82, 2.24) is 4.90 Å². The van der Waals surface area contributed by atoms with Gasteiger partial charge in [-0.25, -0.2) is 0 Å². The van der Waals surface area contributed by atoms with Gasteiger partial charge >= 0.3 is 0 Å². The summed E-state index contributed by atoms with van der Waals surface area (Å²) in [6.07, 6.45) is 0.687. The number of piperidine rings is 1. The van der Waals surface area contributed by atoms with Gasteiger partial charge < -0.3 is 33.6 Å². The van der Waals surface area contributed by atoms with Gasteiger partial charge in [0.25, 0.3) is 0 Å². The van der Waals surface area contributed by atoms with Gasteiger partial charge in [0.2, 0.25) is 17.6 Å². The Kier molecular flexibility index (Phi) is 8.97. The maximum Gasteiger partial charge on any atom is 0.228 e. The molecule has 0 N–H and O–H groups in total. The quantitative estimate of drug-likeness (QED) is 0.355. The molecule has 222 valence electrons. The number of methoxy groups -OCH3 is 4. The topological polar surface area (TPSA) is 80.8 Å². The van der Waals surface area contributed by atoms with Crippen molar-refractivity contribution in [3.63, 3.8) is 0 Å². The standard InChI is InChI=1S/C32H36ClN3O6/c1-39-25-10-8-21(9-11-25)30-26(32(38)35-16-14-34(15-17-35)23-7-5-6-22(33)18-23)12-13-29(37)36(30)24-19-27(40-2)31(42-4)28(20-24)41-3/h5-11,18-20,26,30H,12-17H2,1-4H3/t26-,30+/m1/s1. The van der Waals surface area contributed by atoms with Crippen LogP contribution in [0.1, 0.15) is 24.4 Å². The van der Waals surface area contributed by atoms with Crippen molar-refractivity contribution in [3.05, 3.63) is 71.2 Å². The molecule has 0 radical (unpaired) electrons. The highest BCUT2D eigenvalue weighted by atomic mass is 35.5. The van der Waals surface area contributed by atoms with Crippen LogP contribution in [0.5, 0.6) is 23.0 Å². The van der Waals surface area contributed by atoms with E-state index in [-0.39, 0.29) is 18.2 Å². The number of amides is 2. The van der Waals surface area contributed by atoms with Gasteiger partial charge in [0, 0.05) is 55.4 Å². The molecule has 2 aliphatic rings. The van der Waals surface area contributed by atoms with Crippen molar-refractivity contribution in [2.75, 3.05) is 64.4 Å². The molecule has 0 unspecified atom stereocenters. The van der Waals surface area contributed by atoms with Crippen molar-refractivity contribution in [1.29, 1.82) is 0 Å². The second kappa shape index (κ2) is 12.8. The summed E-state index contributed by atoms with van der Waals surface area (Å²) in [7, 11) is 6.22. The number of piperazine rings is 1. The van der Waals surface area contributed by atoms with E-state index in [0.717, 1.165) is 11.3 Å². The number of anilines is 2. The molecule has 0 bridgehead atoms. The van der Waals surface area contributed by atoms with Gasteiger partial charge in [-0.1, -0.05) is 29.8 Å². The molecule has 0 saturated carbocycles. The summed E-state index contributed by atoms with van der Waals surface area (Å²) in [5, 5.41) is 0.687. The third-order valence-electron chi connectivity index (χ3n) is 8.06. The Morgan fingerprint density at radius 1 is 0.810 bits per heavy atom. The lowest BCUT2D eigenvalue weighted by Crippen LogP contribution is -2.54. The second-order valence-electron chi connectivity index (χ2n) is 10.3. The van der Waals surface area contributed by atoms with Crippen LogP contribution in [-0.2, 0) is 9.59 Å². The van der Waals surface area contributed by atoms with Gasteiger partial charge in [-0.2, -0.15) is 0 Å². The molecule has 10 heteroatoms. The van der Waals surface area contributed by atoms with Crippen LogP contribution in [0.25, 0.3) is 0 Å². The van der Waals surface area contributed by atoms with E-state index >= 15 is 0 Å². The van der Waals surface area contributed by atoms with Gasteiger partial charge in [0.05, 0.1) is 46.1 Å². The normalized spacial score (nSPS) is 19.0. The van der Waals surface area contributed by atoms with E-state index in [1.54, 1.807) is 24.1 Å². The van der Waals surface area contributed by atoms with E-state index in [9.17, 15) is 9.59 Å². The molecule has 3 aromatic rings. The van der Waals surface area contributed by atoms with Gasteiger partial charge in [0.15, 0.2) is 11.5 Å². The molecule has 2 saturated heterocycles. The maximum atomic E-state index is 14.2. The van der Waals surface area contributed by atoms with Gasteiger partial charge in [-0.15, -0.1) is 0 Å². The van der Waals surface area contributed by atoms with Crippen LogP contribution in [0, 0.1) is 5.92 Å². The van der Waals surface area contributed by atoms with Gasteiger partial charge in [-0.05, 0) is 42.3 Å². The first-order valence-corrected chi connectivity index (χ1v) is 14.3. The zero-order valence-electron chi connectivity index (χ0n) is 24.3. The molecule has 9 nitrogen and oxygen atoms in total. The first kappa shape index (κ1) is 29.4. The highest BCUT2D eigenvalue weighted by Gasteiger charge is 2.44. The molecule has 2 heterocycles. The van der Waals surface area contributed by atoms with Crippen LogP contribution in [0.2, 0.25) is 5.02 Å². The molecule has 2 aliphatic heterocycles. The smallest absolute Gasteiger partial charge is 0.228 e. The summed E-state index contributed by atoms with van der Waals surface area (Å²) >= 11 is 6.22. The molecular weight excluding hydrogens is 558 g/mol. The first-order chi connectivity index (χ1) is 20.4. The summed E-state index contributed by atoms with van der Waals surface area (Å²) in [5.74, 6) is 1.48. The maximum absolute atomic E-state index is 14.2. The molecule has 2 amide bonds. The van der Waals surface area contributed by atoms with Crippen molar-refractivity contribution in [2.45, 2.75) is 18.9 Å². The third-order valence-corrected chi connectivity index (χ3v) is 8.30. The van der Waals surface area contributed by atoms with Crippen LogP contribution in [-0.4, -0.2) is 71.3 Å². The highest BCUT2D eigenvalue weighted by Crippen LogP contribution is 2.46. The Morgan fingerprint density at radius 2 is 1.48 bits per heavy atom. The van der Waals surface area contributed by atoms with Crippen molar-refractivity contribution < 1.29 is 28.5 Å². The number of benzene rings is 3. The van der Waals surface area contributed by atoms with Crippen molar-refractivity contribution in [3.8, 4) is 23.0 Å². The molecule has 3 aromatic carbocycles. The van der Waals surface area contributed by atoms with Crippen LogP contribution >= 0.6 is 11.6 Å². The zero-order valence-corrected chi connectivity index (χ0v) is 25.1. The lowest BCUT2D eigenvalue weighted by molar-refractivity contribution is -0.138. The minimum atomic E-state index is -0.543. The number of hydrogen-bond acceptors (Lipinski definition) is 7.